The number of hydrogen-bond donors (Lipinski definition) is 2. The molecule has 2 heterocycles. The van der Waals surface area contributed by atoms with Crippen LogP contribution in [0.4, 0.5) is 5.69 Å². The van der Waals surface area contributed by atoms with Crippen molar-refractivity contribution in [2.75, 3.05) is 31.6 Å². The third-order valence-electron chi connectivity index (χ3n) is 5.97. The van der Waals surface area contributed by atoms with Crippen molar-refractivity contribution in [3.05, 3.63) is 95.6 Å². The normalized spacial score (nSPS) is 18.4. The number of fused-ring (bicyclic) bond motifs is 1. The molecule has 0 aliphatic carbocycles. The van der Waals surface area contributed by atoms with E-state index in [4.69, 9.17) is 4.74 Å². The molecule has 184 valence electrons. The molecule has 36 heavy (non-hydrogen) atoms. The molecule has 0 saturated carbocycles. The van der Waals surface area contributed by atoms with Crippen LogP contribution in [0.5, 0.6) is 0 Å². The Balaban J connectivity index is 1.44. The van der Waals surface area contributed by atoms with Crippen molar-refractivity contribution in [1.82, 2.24) is 9.62 Å². The Labute approximate surface area is 208 Å². The molecular formula is C26H24N4O5S. The van der Waals surface area contributed by atoms with E-state index in [0.29, 0.717) is 24.6 Å². The van der Waals surface area contributed by atoms with Crippen LogP contribution >= 0.6 is 0 Å². The third kappa shape index (κ3) is 4.78. The van der Waals surface area contributed by atoms with Crippen molar-refractivity contribution in [2.24, 2.45) is 4.99 Å². The number of anilines is 1. The summed E-state index contributed by atoms with van der Waals surface area (Å²) >= 11 is 0. The number of sulfonamides is 1. The lowest BCUT2D eigenvalue weighted by Crippen LogP contribution is -2.42. The van der Waals surface area contributed by atoms with Gasteiger partial charge in [-0.05, 0) is 24.3 Å². The Morgan fingerprint density at radius 3 is 2.47 bits per heavy atom. The number of carbonyl (C=O) groups excluding carboxylic acids is 2. The van der Waals surface area contributed by atoms with Crippen molar-refractivity contribution in [1.29, 1.82) is 0 Å². The average Bonchev–Trinajstić information content (AvgIpc) is 3.06. The first-order valence-electron chi connectivity index (χ1n) is 11.5. The number of amides is 2. The number of ether oxygens (including phenoxy) is 1. The maximum atomic E-state index is 13.2. The van der Waals surface area contributed by atoms with E-state index in [-0.39, 0.29) is 23.5 Å². The highest BCUT2D eigenvalue weighted by Crippen LogP contribution is 2.24. The second kappa shape index (κ2) is 10.0. The molecule has 0 bridgehead atoms. The zero-order valence-corrected chi connectivity index (χ0v) is 20.1. The van der Waals surface area contributed by atoms with Crippen LogP contribution in [0.2, 0.25) is 0 Å². The molecule has 0 aromatic heterocycles. The summed E-state index contributed by atoms with van der Waals surface area (Å²) in [5.74, 6) is -1.12. The van der Waals surface area contributed by atoms with Gasteiger partial charge in [-0.1, -0.05) is 54.6 Å². The van der Waals surface area contributed by atoms with Crippen molar-refractivity contribution in [3.8, 4) is 0 Å². The summed E-state index contributed by atoms with van der Waals surface area (Å²) in [6, 6.07) is 22.4. The molecule has 2 aliphatic heterocycles. The quantitative estimate of drug-likeness (QED) is 0.553. The third-order valence-corrected chi connectivity index (χ3v) is 7.86. The largest absolute Gasteiger partial charge is 0.379 e. The predicted octanol–water partition coefficient (Wildman–Crippen LogP) is 2.25. The molecule has 2 aliphatic rings. The van der Waals surface area contributed by atoms with Crippen molar-refractivity contribution in [3.63, 3.8) is 0 Å². The average molecular weight is 505 g/mol. The highest BCUT2D eigenvalue weighted by atomic mass is 32.2. The SMILES string of the molecule is O=C(NC1N=C(c2ccccc2)c2ccccc2NC1=O)c1cccc(S(=O)(=O)N2CCOCC2)c1. The lowest BCUT2D eigenvalue weighted by Gasteiger charge is -2.26. The number of hydrogen-bond acceptors (Lipinski definition) is 6. The fraction of sp³-hybridized carbons (Fsp3) is 0.192. The zero-order chi connectivity index (χ0) is 25.1. The van der Waals surface area contributed by atoms with Crippen LogP contribution in [0, 0.1) is 0 Å². The Kier molecular flexibility index (Phi) is 6.64. The molecule has 9 nitrogen and oxygen atoms in total. The number of nitrogens with one attached hydrogen (secondary N) is 2. The molecule has 5 rings (SSSR count). The number of para-hydroxylation sites is 1. The maximum Gasteiger partial charge on any atom is 0.269 e. The molecule has 1 fully saturated rings. The number of rotatable bonds is 5. The Morgan fingerprint density at radius 2 is 1.69 bits per heavy atom. The van der Waals surface area contributed by atoms with Gasteiger partial charge >= 0.3 is 0 Å². The van der Waals surface area contributed by atoms with Gasteiger partial charge in [0.05, 0.1) is 29.5 Å². The number of morpholine rings is 1. The van der Waals surface area contributed by atoms with Crippen LogP contribution < -0.4 is 10.6 Å². The van der Waals surface area contributed by atoms with Gasteiger partial charge in [0, 0.05) is 29.8 Å². The molecule has 1 atom stereocenters. The van der Waals surface area contributed by atoms with Gasteiger partial charge in [-0.25, -0.2) is 13.4 Å². The van der Waals surface area contributed by atoms with Crippen LogP contribution in [-0.4, -0.2) is 62.7 Å². The van der Waals surface area contributed by atoms with Crippen molar-refractivity contribution in [2.45, 2.75) is 11.1 Å². The lowest BCUT2D eigenvalue weighted by atomic mass is 10.0. The maximum absolute atomic E-state index is 13.2. The summed E-state index contributed by atoms with van der Waals surface area (Å²) in [7, 11) is -3.78. The van der Waals surface area contributed by atoms with Crippen LogP contribution in [0.1, 0.15) is 21.5 Å². The smallest absolute Gasteiger partial charge is 0.269 e. The first-order chi connectivity index (χ1) is 17.4. The Bertz CT molecular complexity index is 1430. The van der Waals surface area contributed by atoms with Crippen LogP contribution in [0.15, 0.2) is 88.8 Å². The van der Waals surface area contributed by atoms with E-state index in [0.717, 1.165) is 11.1 Å². The van der Waals surface area contributed by atoms with Crippen LogP contribution in [0.3, 0.4) is 0 Å². The van der Waals surface area contributed by atoms with Crippen molar-refractivity contribution < 1.29 is 22.7 Å². The van der Waals surface area contributed by atoms with Gasteiger partial charge in [-0.15, -0.1) is 0 Å². The molecule has 2 amide bonds. The number of benzodiazepines with no additional fused rings is 1. The van der Waals surface area contributed by atoms with Gasteiger partial charge in [0.25, 0.3) is 11.8 Å². The van der Waals surface area contributed by atoms with Gasteiger partial charge < -0.3 is 15.4 Å². The standard InChI is InChI=1S/C26H24N4O5S/c31-25(19-9-6-10-20(17-19)36(33,34)30-13-15-35-16-14-30)29-24-26(32)27-22-12-5-4-11-21(22)23(28-24)18-7-2-1-3-8-18/h1-12,17,24H,13-16H2,(H,27,32)(H,29,31). The van der Waals surface area contributed by atoms with E-state index in [1.165, 1.54) is 28.6 Å². The minimum Gasteiger partial charge on any atom is -0.379 e. The second-order valence-corrected chi connectivity index (χ2v) is 10.2. The van der Waals surface area contributed by atoms with Gasteiger partial charge in [-0.2, -0.15) is 4.31 Å². The van der Waals surface area contributed by atoms with Crippen LogP contribution in [0.25, 0.3) is 0 Å². The first-order valence-corrected chi connectivity index (χ1v) is 12.9. The number of aliphatic imine (C=N–C) groups is 1. The molecule has 10 heteroatoms. The lowest BCUT2D eigenvalue weighted by molar-refractivity contribution is -0.117. The van der Waals surface area contributed by atoms with Crippen molar-refractivity contribution >= 4 is 33.2 Å². The van der Waals surface area contributed by atoms with E-state index in [1.54, 1.807) is 12.1 Å². The Hall–Kier alpha value is -3.86. The summed E-state index contributed by atoms with van der Waals surface area (Å²) in [5, 5.41) is 5.48. The first kappa shape index (κ1) is 23.9. The molecule has 3 aromatic rings. The molecule has 0 radical (unpaired) electrons. The summed E-state index contributed by atoms with van der Waals surface area (Å²) in [5.41, 5.74) is 2.76. The Morgan fingerprint density at radius 1 is 0.972 bits per heavy atom. The second-order valence-electron chi connectivity index (χ2n) is 8.30. The summed E-state index contributed by atoms with van der Waals surface area (Å²) in [4.78, 5) is 30.8. The zero-order valence-electron chi connectivity index (χ0n) is 19.3. The number of benzene rings is 3. The van der Waals surface area contributed by atoms with Gasteiger partial charge in [-0.3, -0.25) is 9.59 Å². The van der Waals surface area contributed by atoms with Gasteiger partial charge in [0.2, 0.25) is 16.2 Å². The molecule has 1 unspecified atom stereocenters. The summed E-state index contributed by atoms with van der Waals surface area (Å²) in [6.07, 6.45) is -1.22. The van der Waals surface area contributed by atoms with E-state index in [1.807, 2.05) is 42.5 Å². The molecule has 1 saturated heterocycles. The highest BCUT2D eigenvalue weighted by Gasteiger charge is 2.29. The highest BCUT2D eigenvalue weighted by molar-refractivity contribution is 7.89. The molecule has 0 spiro atoms. The summed E-state index contributed by atoms with van der Waals surface area (Å²) in [6.45, 7) is 1.14. The molecule has 3 aromatic carbocycles. The minimum atomic E-state index is -3.78. The molecule has 2 N–H and O–H groups in total. The predicted molar refractivity (Wildman–Crippen MR) is 134 cm³/mol. The van der Waals surface area contributed by atoms with E-state index >= 15 is 0 Å². The minimum absolute atomic E-state index is 0.00301. The van der Waals surface area contributed by atoms with Gasteiger partial charge in [0.15, 0.2) is 0 Å². The van der Waals surface area contributed by atoms with E-state index < -0.39 is 28.0 Å². The fourth-order valence-corrected chi connectivity index (χ4v) is 5.58. The van der Waals surface area contributed by atoms with E-state index in [2.05, 4.69) is 15.6 Å². The number of nitrogens with zero attached hydrogens (tertiary/aromatic N) is 2. The van der Waals surface area contributed by atoms with Crippen LogP contribution in [-0.2, 0) is 19.6 Å². The summed E-state index contributed by atoms with van der Waals surface area (Å²) < 4.78 is 32.6. The van der Waals surface area contributed by atoms with Gasteiger partial charge in [0.1, 0.15) is 0 Å². The molecular weight excluding hydrogens is 480 g/mol. The monoisotopic (exact) mass is 504 g/mol. The van der Waals surface area contributed by atoms with E-state index in [9.17, 15) is 18.0 Å². The number of carbonyl (C=O) groups is 2. The fourth-order valence-electron chi connectivity index (χ4n) is 4.12. The topological polar surface area (TPSA) is 117 Å².